The average molecular weight is 202 g/mol. The van der Waals surface area contributed by atoms with Crippen LogP contribution in [0.3, 0.4) is 0 Å². The fourth-order valence-electron chi connectivity index (χ4n) is 1.06. The first-order chi connectivity index (χ1) is 5.90. The van der Waals surface area contributed by atoms with E-state index in [9.17, 15) is 13.5 Å². The molecule has 5 heteroatoms. The molecular weight excluding hydrogens is 192 g/mol. The summed E-state index contributed by atoms with van der Waals surface area (Å²) in [5.41, 5.74) is 0.877. The zero-order valence-electron chi connectivity index (χ0n) is 7.06. The number of hydrogen-bond acceptors (Lipinski definition) is 3. The number of aryl methyl sites for hydroxylation is 1. The molecule has 0 saturated carbocycles. The van der Waals surface area contributed by atoms with E-state index in [4.69, 9.17) is 4.55 Å². The van der Waals surface area contributed by atoms with Crippen LogP contribution in [0.4, 0.5) is 0 Å². The summed E-state index contributed by atoms with van der Waals surface area (Å²) in [6.07, 6.45) is 0. The molecule has 13 heavy (non-hydrogen) atoms. The number of hydrogen-bond donors (Lipinski definition) is 2. The lowest BCUT2D eigenvalue weighted by molar-refractivity contribution is 0.461. The molecular formula is C8H10O4S. The maximum Gasteiger partial charge on any atom is 0.269 e. The highest BCUT2D eigenvalue weighted by atomic mass is 32.2. The Kier molecular flexibility index (Phi) is 2.58. The average Bonchev–Trinajstić information content (AvgIpc) is 1.95. The number of rotatable bonds is 2. The van der Waals surface area contributed by atoms with Crippen LogP contribution < -0.4 is 0 Å². The van der Waals surface area contributed by atoms with Gasteiger partial charge in [-0.1, -0.05) is 12.1 Å². The molecule has 0 spiro atoms. The molecule has 0 amide bonds. The van der Waals surface area contributed by atoms with Gasteiger partial charge in [0, 0.05) is 5.56 Å². The van der Waals surface area contributed by atoms with Crippen LogP contribution in [0.1, 0.15) is 11.1 Å². The zero-order valence-corrected chi connectivity index (χ0v) is 7.87. The van der Waals surface area contributed by atoms with Crippen molar-refractivity contribution in [2.75, 3.05) is 0 Å². The van der Waals surface area contributed by atoms with Crippen LogP contribution in [0.25, 0.3) is 0 Å². The predicted molar refractivity (Wildman–Crippen MR) is 48.1 cm³/mol. The quantitative estimate of drug-likeness (QED) is 0.704. The SMILES string of the molecule is Cc1cccc(O)c1CS(=O)(=O)O. The number of phenols is 1. The van der Waals surface area contributed by atoms with Gasteiger partial charge in [0.25, 0.3) is 10.1 Å². The number of aromatic hydroxyl groups is 1. The molecule has 0 radical (unpaired) electrons. The fourth-order valence-corrected chi connectivity index (χ4v) is 1.80. The van der Waals surface area contributed by atoms with Gasteiger partial charge in [-0.05, 0) is 18.6 Å². The Morgan fingerprint density at radius 1 is 1.38 bits per heavy atom. The van der Waals surface area contributed by atoms with Gasteiger partial charge in [-0.15, -0.1) is 0 Å². The van der Waals surface area contributed by atoms with Crippen LogP contribution in [-0.2, 0) is 15.9 Å². The summed E-state index contributed by atoms with van der Waals surface area (Å²) in [6, 6.07) is 4.66. The highest BCUT2D eigenvalue weighted by Gasteiger charge is 2.12. The van der Waals surface area contributed by atoms with Gasteiger partial charge in [0.2, 0.25) is 0 Å². The molecule has 72 valence electrons. The molecule has 0 heterocycles. The summed E-state index contributed by atoms with van der Waals surface area (Å²) in [5.74, 6) is -0.663. The van der Waals surface area contributed by atoms with Crippen LogP contribution in [0.15, 0.2) is 18.2 Å². The predicted octanol–water partition coefficient (Wildman–Crippen LogP) is 1.09. The van der Waals surface area contributed by atoms with Gasteiger partial charge in [-0.25, -0.2) is 0 Å². The Hall–Kier alpha value is -1.07. The first-order valence-electron chi connectivity index (χ1n) is 3.63. The van der Waals surface area contributed by atoms with Gasteiger partial charge in [0.05, 0.1) is 0 Å². The van der Waals surface area contributed by atoms with E-state index in [2.05, 4.69) is 0 Å². The lowest BCUT2D eigenvalue weighted by Crippen LogP contribution is -2.03. The molecule has 1 rings (SSSR count). The summed E-state index contributed by atoms with van der Waals surface area (Å²) in [7, 11) is -4.08. The molecule has 4 nitrogen and oxygen atoms in total. The van der Waals surface area contributed by atoms with E-state index < -0.39 is 15.9 Å². The molecule has 0 aliphatic heterocycles. The van der Waals surface area contributed by atoms with Crippen molar-refractivity contribution >= 4 is 10.1 Å². The van der Waals surface area contributed by atoms with E-state index in [-0.39, 0.29) is 11.3 Å². The largest absolute Gasteiger partial charge is 0.508 e. The third-order valence-electron chi connectivity index (χ3n) is 1.71. The standard InChI is InChI=1S/C8H10O4S/c1-6-3-2-4-8(9)7(6)5-13(10,11)12/h2-4,9H,5H2,1H3,(H,10,11,12). The number of phenolic OH excluding ortho intramolecular Hbond substituents is 1. The van der Waals surface area contributed by atoms with Crippen LogP contribution in [0.2, 0.25) is 0 Å². The van der Waals surface area contributed by atoms with Crippen molar-refractivity contribution in [3.05, 3.63) is 29.3 Å². The molecule has 0 bridgehead atoms. The van der Waals surface area contributed by atoms with Crippen molar-refractivity contribution in [3.63, 3.8) is 0 Å². The minimum atomic E-state index is -4.08. The van der Waals surface area contributed by atoms with E-state index in [0.29, 0.717) is 5.56 Å². The maximum absolute atomic E-state index is 10.5. The van der Waals surface area contributed by atoms with E-state index in [1.807, 2.05) is 0 Å². The Morgan fingerprint density at radius 3 is 2.46 bits per heavy atom. The van der Waals surface area contributed by atoms with Crippen molar-refractivity contribution < 1.29 is 18.1 Å². The molecule has 0 unspecified atom stereocenters. The van der Waals surface area contributed by atoms with Crippen LogP contribution in [-0.4, -0.2) is 18.1 Å². The third kappa shape index (κ3) is 2.71. The molecule has 2 N–H and O–H groups in total. The van der Waals surface area contributed by atoms with Crippen molar-refractivity contribution in [3.8, 4) is 5.75 Å². The second-order valence-corrected chi connectivity index (χ2v) is 4.25. The Morgan fingerprint density at radius 2 is 2.00 bits per heavy atom. The van der Waals surface area contributed by atoms with Crippen LogP contribution in [0.5, 0.6) is 5.75 Å². The molecule has 0 atom stereocenters. The first kappa shape index (κ1) is 10.0. The van der Waals surface area contributed by atoms with E-state index in [0.717, 1.165) is 0 Å². The molecule has 0 saturated heterocycles. The minimum absolute atomic E-state index is 0.113. The molecule has 0 aliphatic carbocycles. The molecule has 0 fully saturated rings. The molecule has 0 aliphatic rings. The van der Waals surface area contributed by atoms with Crippen molar-refractivity contribution in [2.45, 2.75) is 12.7 Å². The van der Waals surface area contributed by atoms with Gasteiger partial charge in [-0.2, -0.15) is 8.42 Å². The van der Waals surface area contributed by atoms with Gasteiger partial charge < -0.3 is 5.11 Å². The van der Waals surface area contributed by atoms with Gasteiger partial charge in [-0.3, -0.25) is 4.55 Å². The van der Waals surface area contributed by atoms with Gasteiger partial charge in [0.1, 0.15) is 11.5 Å². The zero-order chi connectivity index (χ0) is 10.1. The summed E-state index contributed by atoms with van der Waals surface area (Å²) in [5, 5.41) is 9.28. The molecule has 1 aromatic rings. The van der Waals surface area contributed by atoms with Crippen molar-refractivity contribution in [2.24, 2.45) is 0 Å². The molecule has 0 aromatic heterocycles. The maximum atomic E-state index is 10.5. The summed E-state index contributed by atoms with van der Waals surface area (Å²) in [4.78, 5) is 0. The lowest BCUT2D eigenvalue weighted by atomic mass is 10.1. The Labute approximate surface area is 76.6 Å². The van der Waals surface area contributed by atoms with Gasteiger partial charge in [0.15, 0.2) is 0 Å². The third-order valence-corrected chi connectivity index (χ3v) is 2.37. The van der Waals surface area contributed by atoms with Crippen LogP contribution >= 0.6 is 0 Å². The molecule has 1 aromatic carbocycles. The van der Waals surface area contributed by atoms with Crippen molar-refractivity contribution in [1.29, 1.82) is 0 Å². The number of benzene rings is 1. The summed E-state index contributed by atoms with van der Waals surface area (Å²) >= 11 is 0. The minimum Gasteiger partial charge on any atom is -0.508 e. The monoisotopic (exact) mass is 202 g/mol. The normalized spacial score (nSPS) is 11.5. The summed E-state index contributed by atoms with van der Waals surface area (Å²) in [6.45, 7) is 1.67. The lowest BCUT2D eigenvalue weighted by Gasteiger charge is -2.05. The second kappa shape index (κ2) is 3.35. The fraction of sp³-hybridized carbons (Fsp3) is 0.250. The highest BCUT2D eigenvalue weighted by Crippen LogP contribution is 2.22. The summed E-state index contributed by atoms with van der Waals surface area (Å²) < 4.78 is 29.7. The van der Waals surface area contributed by atoms with E-state index >= 15 is 0 Å². The Balaban J connectivity index is 3.15. The topological polar surface area (TPSA) is 74.6 Å². The van der Waals surface area contributed by atoms with E-state index in [1.165, 1.54) is 6.07 Å². The van der Waals surface area contributed by atoms with Crippen LogP contribution in [0, 0.1) is 6.92 Å². The highest BCUT2D eigenvalue weighted by molar-refractivity contribution is 7.85. The van der Waals surface area contributed by atoms with E-state index in [1.54, 1.807) is 19.1 Å². The van der Waals surface area contributed by atoms with Gasteiger partial charge >= 0.3 is 0 Å². The first-order valence-corrected chi connectivity index (χ1v) is 5.23. The second-order valence-electron chi connectivity index (χ2n) is 2.80. The Bertz CT molecular complexity index is 388. The smallest absolute Gasteiger partial charge is 0.269 e. The van der Waals surface area contributed by atoms with Crippen molar-refractivity contribution in [1.82, 2.24) is 0 Å².